The van der Waals surface area contributed by atoms with Crippen LogP contribution in [0, 0.1) is 11.6 Å². The van der Waals surface area contributed by atoms with E-state index in [1.165, 1.54) is 0 Å². The smallest absolute Gasteiger partial charge is 0.140 e. The average Bonchev–Trinajstić information content (AvgIpc) is 2.72. The minimum absolute atomic E-state index is 0.104. The van der Waals surface area contributed by atoms with Crippen molar-refractivity contribution in [3.05, 3.63) is 35.6 Å². The average molecular weight is 301 g/mol. The van der Waals surface area contributed by atoms with Gasteiger partial charge in [0, 0.05) is 18.1 Å². The Kier molecular flexibility index (Phi) is 3.97. The molecule has 0 saturated heterocycles. The fraction of sp³-hybridized carbons (Fsp3) is 0.429. The number of rotatable bonds is 4. The second-order valence-electron chi connectivity index (χ2n) is 5.61. The Morgan fingerprint density at radius 3 is 2.60 bits per heavy atom. The first kappa shape index (κ1) is 15.1. The predicted molar refractivity (Wildman–Crippen MR) is 75.6 cm³/mol. The lowest BCUT2D eigenvalue weighted by molar-refractivity contribution is 0.454. The van der Waals surface area contributed by atoms with Crippen LogP contribution >= 0.6 is 0 Å². The van der Waals surface area contributed by atoms with Crippen LogP contribution in [0.2, 0.25) is 0 Å². The molecule has 0 saturated carbocycles. The van der Waals surface area contributed by atoms with E-state index in [2.05, 4.69) is 0 Å². The van der Waals surface area contributed by atoms with Crippen LogP contribution in [0.4, 0.5) is 8.78 Å². The highest BCUT2D eigenvalue weighted by molar-refractivity contribution is 7.84. The Bertz CT molecular complexity index is 666. The maximum atomic E-state index is 13.6. The molecule has 0 aliphatic rings. The molecule has 1 unspecified atom stereocenters. The topological polar surface area (TPSA) is 56.2 Å². The lowest BCUT2D eigenvalue weighted by Gasteiger charge is -2.23. The van der Waals surface area contributed by atoms with Crippen LogP contribution < -0.4 is 5.14 Å². The number of fused-ring (bicyclic) bond motifs is 1. The monoisotopic (exact) mass is 301 g/mol. The molecule has 1 aromatic carbocycles. The van der Waals surface area contributed by atoms with Crippen molar-refractivity contribution in [1.29, 1.82) is 0 Å². The quantitative estimate of drug-likeness (QED) is 0.938. The summed E-state index contributed by atoms with van der Waals surface area (Å²) in [6, 6.07) is 3.54. The summed E-state index contributed by atoms with van der Waals surface area (Å²) in [5.74, 6) is -0.897. The molecule has 6 heteroatoms. The number of halogens is 2. The van der Waals surface area contributed by atoms with Gasteiger partial charge in [-0.15, -0.1) is 0 Å². The summed E-state index contributed by atoms with van der Waals surface area (Å²) in [5.41, 5.74) is 0.177. The van der Waals surface area contributed by atoms with E-state index in [1.807, 2.05) is 6.92 Å². The number of benzene rings is 1. The fourth-order valence-electron chi connectivity index (χ4n) is 2.25. The van der Waals surface area contributed by atoms with Crippen molar-refractivity contribution in [2.24, 2.45) is 5.14 Å². The summed E-state index contributed by atoms with van der Waals surface area (Å²) >= 11 is 0. The van der Waals surface area contributed by atoms with Crippen molar-refractivity contribution in [2.45, 2.75) is 37.9 Å². The van der Waals surface area contributed by atoms with Gasteiger partial charge in [-0.3, -0.25) is 5.14 Å². The lowest BCUT2D eigenvalue weighted by atomic mass is 9.96. The standard InChI is InChI=1S/C14H17F2NO2S/c1-8(7-14(2,3)20(17)18)12-6-10-11(16)4-9(15)5-13(10)19-12/h4-6,8H,7,17H2,1-3H3/t8-,20?/m1/s1. The van der Waals surface area contributed by atoms with Crippen LogP contribution in [0.15, 0.2) is 22.6 Å². The second-order valence-corrected chi connectivity index (χ2v) is 7.31. The van der Waals surface area contributed by atoms with E-state index < -0.39 is 27.4 Å². The van der Waals surface area contributed by atoms with E-state index in [0.29, 0.717) is 12.2 Å². The first-order valence-corrected chi connectivity index (χ1v) is 7.47. The van der Waals surface area contributed by atoms with Gasteiger partial charge in [0.05, 0.1) is 21.1 Å². The molecule has 3 nitrogen and oxygen atoms in total. The number of hydrogen-bond donors (Lipinski definition) is 1. The Hall–Kier alpha value is -1.27. The lowest BCUT2D eigenvalue weighted by Crippen LogP contribution is -2.33. The highest BCUT2D eigenvalue weighted by atomic mass is 32.2. The summed E-state index contributed by atoms with van der Waals surface area (Å²) in [6.07, 6.45) is 0.514. The minimum atomic E-state index is -1.47. The van der Waals surface area contributed by atoms with Crippen LogP contribution in [0.1, 0.15) is 38.9 Å². The molecule has 0 bridgehead atoms. The van der Waals surface area contributed by atoms with Gasteiger partial charge >= 0.3 is 0 Å². The van der Waals surface area contributed by atoms with Crippen molar-refractivity contribution in [1.82, 2.24) is 0 Å². The Labute approximate surface area is 118 Å². The van der Waals surface area contributed by atoms with Crippen LogP contribution in [-0.2, 0) is 11.0 Å². The molecule has 0 radical (unpaired) electrons. The van der Waals surface area contributed by atoms with Crippen LogP contribution in [0.25, 0.3) is 11.0 Å². The molecule has 0 spiro atoms. The molecule has 110 valence electrons. The molecule has 0 amide bonds. The summed E-state index contributed by atoms with van der Waals surface area (Å²) in [4.78, 5) is 0. The molecule has 0 fully saturated rings. The van der Waals surface area contributed by atoms with Gasteiger partial charge in [0.1, 0.15) is 23.0 Å². The van der Waals surface area contributed by atoms with Crippen molar-refractivity contribution in [3.63, 3.8) is 0 Å². The molecule has 0 aliphatic heterocycles. The molecule has 1 heterocycles. The van der Waals surface area contributed by atoms with Gasteiger partial charge in [-0.2, -0.15) is 0 Å². The predicted octanol–water partition coefficient (Wildman–Crippen LogP) is 3.61. The Morgan fingerprint density at radius 2 is 2.00 bits per heavy atom. The maximum Gasteiger partial charge on any atom is 0.140 e. The maximum absolute atomic E-state index is 13.6. The third-order valence-corrected chi connectivity index (χ3v) is 4.65. The first-order chi connectivity index (χ1) is 9.20. The minimum Gasteiger partial charge on any atom is -0.461 e. The zero-order valence-electron chi connectivity index (χ0n) is 11.6. The zero-order valence-corrected chi connectivity index (χ0v) is 12.4. The summed E-state index contributed by atoms with van der Waals surface area (Å²) < 4.78 is 43.1. The van der Waals surface area contributed by atoms with E-state index >= 15 is 0 Å². The van der Waals surface area contributed by atoms with Crippen molar-refractivity contribution >= 4 is 22.0 Å². The van der Waals surface area contributed by atoms with Crippen molar-refractivity contribution in [3.8, 4) is 0 Å². The molecule has 2 N–H and O–H groups in total. The third-order valence-electron chi connectivity index (χ3n) is 3.40. The Balaban J connectivity index is 2.34. The summed E-state index contributed by atoms with van der Waals surface area (Å²) in [5, 5.41) is 5.70. The zero-order chi connectivity index (χ0) is 15.1. The van der Waals surface area contributed by atoms with E-state index in [0.717, 1.165) is 12.1 Å². The molecular formula is C14H17F2NO2S. The Morgan fingerprint density at radius 1 is 1.35 bits per heavy atom. The van der Waals surface area contributed by atoms with Crippen LogP contribution in [0.5, 0.6) is 0 Å². The normalized spacial score (nSPS) is 15.5. The van der Waals surface area contributed by atoms with Gasteiger partial charge < -0.3 is 4.42 Å². The SMILES string of the molecule is C[C@H](CC(C)(C)S(N)=O)c1cc2c(F)cc(F)cc2o1. The number of nitrogens with two attached hydrogens (primary N) is 1. The molecule has 0 aliphatic carbocycles. The molecule has 2 rings (SSSR count). The summed E-state index contributed by atoms with van der Waals surface area (Å²) in [6.45, 7) is 5.46. The van der Waals surface area contributed by atoms with Gasteiger partial charge in [-0.25, -0.2) is 13.0 Å². The molecular weight excluding hydrogens is 284 g/mol. The molecule has 20 heavy (non-hydrogen) atoms. The second kappa shape index (κ2) is 5.26. The van der Waals surface area contributed by atoms with Crippen LogP contribution in [-0.4, -0.2) is 8.96 Å². The van der Waals surface area contributed by atoms with Gasteiger partial charge in [-0.1, -0.05) is 6.92 Å². The van der Waals surface area contributed by atoms with E-state index in [9.17, 15) is 13.0 Å². The van der Waals surface area contributed by atoms with E-state index in [1.54, 1.807) is 19.9 Å². The number of hydrogen-bond acceptors (Lipinski definition) is 2. The number of furan rings is 1. The highest BCUT2D eigenvalue weighted by Crippen LogP contribution is 2.33. The van der Waals surface area contributed by atoms with Crippen LogP contribution in [0.3, 0.4) is 0 Å². The largest absolute Gasteiger partial charge is 0.461 e. The van der Waals surface area contributed by atoms with Gasteiger partial charge in [0.2, 0.25) is 0 Å². The molecule has 2 atom stereocenters. The van der Waals surface area contributed by atoms with E-state index in [-0.39, 0.29) is 16.9 Å². The van der Waals surface area contributed by atoms with Crippen molar-refractivity contribution < 1.29 is 17.4 Å². The fourth-order valence-corrected chi connectivity index (χ4v) is 2.66. The summed E-state index contributed by atoms with van der Waals surface area (Å²) in [7, 11) is -1.47. The van der Waals surface area contributed by atoms with Gasteiger partial charge in [0.15, 0.2) is 0 Å². The highest BCUT2D eigenvalue weighted by Gasteiger charge is 2.28. The molecule has 2 aromatic rings. The van der Waals surface area contributed by atoms with Crippen molar-refractivity contribution in [2.75, 3.05) is 0 Å². The first-order valence-electron chi connectivity index (χ1n) is 6.25. The molecule has 1 aromatic heterocycles. The third kappa shape index (κ3) is 2.91. The van der Waals surface area contributed by atoms with E-state index in [4.69, 9.17) is 9.56 Å². The van der Waals surface area contributed by atoms with Gasteiger partial charge in [0.25, 0.3) is 0 Å². The van der Waals surface area contributed by atoms with Gasteiger partial charge in [-0.05, 0) is 26.3 Å².